The number of ether oxygens (including phenoxy) is 2. The van der Waals surface area contributed by atoms with Crippen LogP contribution in [0.1, 0.15) is 29.4 Å². The smallest absolute Gasteiger partial charge is 0.411 e. The van der Waals surface area contributed by atoms with Crippen molar-refractivity contribution in [1.29, 1.82) is 0 Å². The van der Waals surface area contributed by atoms with Gasteiger partial charge in [-0.25, -0.2) is 9.78 Å². The number of benzene rings is 2. The van der Waals surface area contributed by atoms with Crippen LogP contribution in [0.15, 0.2) is 61.4 Å². The summed E-state index contributed by atoms with van der Waals surface area (Å²) in [5.74, 6) is 0.872. The van der Waals surface area contributed by atoms with Gasteiger partial charge in [0.25, 0.3) is 0 Å². The molecule has 34 heavy (non-hydrogen) atoms. The van der Waals surface area contributed by atoms with Crippen molar-refractivity contribution >= 4 is 23.5 Å². The van der Waals surface area contributed by atoms with Crippen LogP contribution in [0.25, 0.3) is 6.08 Å². The maximum Gasteiger partial charge on any atom is 0.411 e. The van der Waals surface area contributed by atoms with E-state index in [0.717, 1.165) is 41.4 Å². The van der Waals surface area contributed by atoms with E-state index in [4.69, 9.17) is 9.47 Å². The summed E-state index contributed by atoms with van der Waals surface area (Å²) in [5, 5.41) is 2.84. The second kappa shape index (κ2) is 12.6. The SMILES string of the molecule is C=Cc1ccc(Cn2ccnc2CCOC(=O)Nc2ccc(N(CC)CCOC)cc2C)cc1. The molecule has 0 aliphatic carbocycles. The van der Waals surface area contributed by atoms with Crippen LogP contribution in [0.3, 0.4) is 0 Å². The Balaban J connectivity index is 1.50. The number of carbonyl (C=O) groups excluding carboxylic acids is 1. The van der Waals surface area contributed by atoms with Gasteiger partial charge >= 0.3 is 6.09 Å². The molecule has 0 unspecified atom stereocenters. The van der Waals surface area contributed by atoms with E-state index >= 15 is 0 Å². The molecule has 3 rings (SSSR count). The Morgan fingerprint density at radius 1 is 1.21 bits per heavy atom. The van der Waals surface area contributed by atoms with Crippen molar-refractivity contribution in [2.24, 2.45) is 0 Å². The molecule has 1 N–H and O–H groups in total. The Bertz CT molecular complexity index is 1080. The number of hydrogen-bond acceptors (Lipinski definition) is 5. The first kappa shape index (κ1) is 25.1. The summed E-state index contributed by atoms with van der Waals surface area (Å²) >= 11 is 0. The third-order valence-electron chi connectivity index (χ3n) is 5.69. The van der Waals surface area contributed by atoms with Crippen molar-refractivity contribution in [3.8, 4) is 0 Å². The van der Waals surface area contributed by atoms with E-state index < -0.39 is 6.09 Å². The Kier molecular flexibility index (Phi) is 9.29. The van der Waals surface area contributed by atoms with E-state index in [9.17, 15) is 4.79 Å². The molecule has 0 aliphatic heterocycles. The zero-order valence-electron chi connectivity index (χ0n) is 20.3. The lowest BCUT2D eigenvalue weighted by atomic mass is 10.1. The number of aryl methyl sites for hydroxylation is 1. The molecular formula is C27H34N4O3. The minimum absolute atomic E-state index is 0.246. The van der Waals surface area contributed by atoms with Crippen LogP contribution in [-0.2, 0) is 22.4 Å². The summed E-state index contributed by atoms with van der Waals surface area (Å²) in [5.41, 5.74) is 5.07. The van der Waals surface area contributed by atoms with Crippen molar-refractivity contribution in [3.05, 3.63) is 84.0 Å². The van der Waals surface area contributed by atoms with Crippen molar-refractivity contribution in [2.75, 3.05) is 43.6 Å². The predicted octanol–water partition coefficient (Wildman–Crippen LogP) is 5.15. The molecule has 0 saturated heterocycles. The lowest BCUT2D eigenvalue weighted by Crippen LogP contribution is -2.26. The first-order valence-corrected chi connectivity index (χ1v) is 11.5. The third kappa shape index (κ3) is 6.96. The van der Waals surface area contributed by atoms with Crippen molar-refractivity contribution in [3.63, 3.8) is 0 Å². The molecular weight excluding hydrogens is 428 g/mol. The summed E-state index contributed by atoms with van der Waals surface area (Å²) in [6.07, 6.45) is 5.60. The van der Waals surface area contributed by atoms with E-state index in [0.29, 0.717) is 19.6 Å². The molecule has 180 valence electrons. The average molecular weight is 463 g/mol. The number of hydrogen-bond donors (Lipinski definition) is 1. The Morgan fingerprint density at radius 3 is 2.68 bits per heavy atom. The van der Waals surface area contributed by atoms with Crippen LogP contribution in [0, 0.1) is 6.92 Å². The van der Waals surface area contributed by atoms with Gasteiger partial charge < -0.3 is 18.9 Å². The van der Waals surface area contributed by atoms with E-state index in [1.165, 1.54) is 5.56 Å². The summed E-state index contributed by atoms with van der Waals surface area (Å²) in [4.78, 5) is 19.0. The molecule has 0 spiro atoms. The van der Waals surface area contributed by atoms with Crippen LogP contribution in [0.5, 0.6) is 0 Å². The summed E-state index contributed by atoms with van der Waals surface area (Å²) in [7, 11) is 1.70. The van der Waals surface area contributed by atoms with E-state index in [-0.39, 0.29) is 6.61 Å². The van der Waals surface area contributed by atoms with Crippen molar-refractivity contribution in [1.82, 2.24) is 9.55 Å². The number of carbonyl (C=O) groups is 1. The number of anilines is 2. The molecule has 0 atom stereocenters. The fourth-order valence-electron chi connectivity index (χ4n) is 3.71. The first-order chi connectivity index (χ1) is 16.5. The Labute approximate surface area is 202 Å². The van der Waals surface area contributed by atoms with Gasteiger partial charge in [0, 0.05) is 56.9 Å². The second-order valence-electron chi connectivity index (χ2n) is 8.00. The van der Waals surface area contributed by atoms with E-state index in [1.54, 1.807) is 13.3 Å². The number of aromatic nitrogens is 2. The van der Waals surface area contributed by atoms with E-state index in [1.807, 2.05) is 43.5 Å². The predicted molar refractivity (Wildman–Crippen MR) is 137 cm³/mol. The van der Waals surface area contributed by atoms with Crippen LogP contribution in [-0.4, -0.2) is 49.1 Å². The minimum atomic E-state index is -0.472. The largest absolute Gasteiger partial charge is 0.449 e. The molecule has 0 fully saturated rings. The number of nitrogens with zero attached hydrogens (tertiary/aromatic N) is 3. The van der Waals surface area contributed by atoms with Gasteiger partial charge in [-0.2, -0.15) is 0 Å². The summed E-state index contributed by atoms with van der Waals surface area (Å²) in [6.45, 7) is 11.2. The molecule has 7 heteroatoms. The monoisotopic (exact) mass is 462 g/mol. The van der Waals surface area contributed by atoms with Gasteiger partial charge in [-0.05, 0) is 48.7 Å². The number of methoxy groups -OCH3 is 1. The topological polar surface area (TPSA) is 68.6 Å². The maximum atomic E-state index is 12.4. The van der Waals surface area contributed by atoms with Gasteiger partial charge in [0.2, 0.25) is 0 Å². The molecule has 7 nitrogen and oxygen atoms in total. The van der Waals surface area contributed by atoms with Gasteiger partial charge in [0.05, 0.1) is 6.61 Å². The van der Waals surface area contributed by atoms with Crippen LogP contribution >= 0.6 is 0 Å². The van der Waals surface area contributed by atoms with Crippen LogP contribution in [0.4, 0.5) is 16.2 Å². The number of rotatable bonds is 12. The zero-order chi connectivity index (χ0) is 24.3. The summed E-state index contributed by atoms with van der Waals surface area (Å²) in [6, 6.07) is 14.2. The highest BCUT2D eigenvalue weighted by molar-refractivity contribution is 5.86. The van der Waals surface area contributed by atoms with Gasteiger partial charge in [-0.1, -0.05) is 36.9 Å². The number of imidazole rings is 1. The molecule has 0 bridgehead atoms. The van der Waals surface area contributed by atoms with Gasteiger partial charge in [0.15, 0.2) is 0 Å². The molecule has 1 aromatic heterocycles. The Hall–Kier alpha value is -3.58. The molecule has 0 saturated carbocycles. The maximum absolute atomic E-state index is 12.4. The van der Waals surface area contributed by atoms with Crippen LogP contribution in [0.2, 0.25) is 0 Å². The van der Waals surface area contributed by atoms with Gasteiger partial charge in [-0.3, -0.25) is 5.32 Å². The molecule has 1 amide bonds. The minimum Gasteiger partial charge on any atom is -0.449 e. The lowest BCUT2D eigenvalue weighted by Gasteiger charge is -2.23. The van der Waals surface area contributed by atoms with E-state index in [2.05, 4.69) is 51.5 Å². The number of nitrogens with one attached hydrogen (secondary N) is 1. The zero-order valence-corrected chi connectivity index (χ0v) is 20.3. The summed E-state index contributed by atoms with van der Waals surface area (Å²) < 4.78 is 12.7. The fourth-order valence-corrected chi connectivity index (χ4v) is 3.71. The second-order valence-corrected chi connectivity index (χ2v) is 8.00. The third-order valence-corrected chi connectivity index (χ3v) is 5.69. The number of amides is 1. The highest BCUT2D eigenvalue weighted by Crippen LogP contribution is 2.23. The number of likely N-dealkylation sites (N-methyl/N-ethyl adjacent to an activating group) is 1. The lowest BCUT2D eigenvalue weighted by molar-refractivity contribution is 0.162. The fraction of sp³-hybridized carbons (Fsp3) is 0.333. The van der Waals surface area contributed by atoms with Gasteiger partial charge in [0.1, 0.15) is 12.4 Å². The molecule has 2 aromatic carbocycles. The standard InChI is InChI=1S/C27H34N4O3/c1-5-22-7-9-23(10-8-22)20-31-15-14-28-26(31)13-17-34-27(32)29-25-12-11-24(19-21(25)3)30(6-2)16-18-33-4/h5,7-12,14-15,19H,1,6,13,16-18,20H2,2-4H3,(H,29,32). The average Bonchev–Trinajstić information content (AvgIpc) is 3.28. The highest BCUT2D eigenvalue weighted by Gasteiger charge is 2.11. The molecule has 0 radical (unpaired) electrons. The van der Waals surface area contributed by atoms with Crippen molar-refractivity contribution < 1.29 is 14.3 Å². The first-order valence-electron chi connectivity index (χ1n) is 11.5. The quantitative estimate of drug-likeness (QED) is 0.403. The highest BCUT2D eigenvalue weighted by atomic mass is 16.5. The van der Waals surface area contributed by atoms with Crippen LogP contribution < -0.4 is 10.2 Å². The van der Waals surface area contributed by atoms with Gasteiger partial charge in [-0.15, -0.1) is 0 Å². The van der Waals surface area contributed by atoms with Crippen molar-refractivity contribution in [2.45, 2.75) is 26.8 Å². The molecule has 0 aliphatic rings. The Morgan fingerprint density at radius 2 is 2.00 bits per heavy atom. The molecule has 1 heterocycles. The normalized spacial score (nSPS) is 10.7. The molecule has 3 aromatic rings.